The highest BCUT2D eigenvalue weighted by atomic mass is 15.2. The van der Waals surface area contributed by atoms with Crippen LogP contribution in [0.4, 0.5) is 11.4 Å². The Hall–Kier alpha value is -3.60. The van der Waals surface area contributed by atoms with Crippen molar-refractivity contribution >= 4 is 11.4 Å². The van der Waals surface area contributed by atoms with Crippen molar-refractivity contribution < 1.29 is 0 Å². The number of hydrogen-bond donors (Lipinski definition) is 0. The van der Waals surface area contributed by atoms with Crippen LogP contribution < -0.4 is 9.80 Å². The van der Waals surface area contributed by atoms with Crippen LogP contribution in [0.5, 0.6) is 0 Å². The van der Waals surface area contributed by atoms with Gasteiger partial charge in [-0.15, -0.1) is 0 Å². The van der Waals surface area contributed by atoms with Crippen molar-refractivity contribution in [2.75, 3.05) is 29.4 Å². The summed E-state index contributed by atoms with van der Waals surface area (Å²) in [5.41, 5.74) is 12.7. The molecule has 0 radical (unpaired) electrons. The molecule has 4 nitrogen and oxygen atoms in total. The van der Waals surface area contributed by atoms with Gasteiger partial charge in [-0.25, -0.2) is 0 Å². The first-order chi connectivity index (χ1) is 26.0. The van der Waals surface area contributed by atoms with Crippen molar-refractivity contribution in [1.29, 1.82) is 0 Å². The van der Waals surface area contributed by atoms with Gasteiger partial charge in [-0.05, 0) is 147 Å². The molecule has 55 heavy (non-hydrogen) atoms. The Morgan fingerprint density at radius 1 is 0.418 bits per heavy atom. The molecule has 4 heteroatoms. The van der Waals surface area contributed by atoms with Gasteiger partial charge in [0, 0.05) is 73.3 Å². The summed E-state index contributed by atoms with van der Waals surface area (Å²) in [7, 11) is 0. The standard InChI is InChI=1S/C13H19N.3C12H17N.C2H6/c1-13(2,3)14-10-6-8-11-7-4-5-9-12(11)14;1-12(2,3)13-8-10-6-4-5-7-11(10)9-13;1-12(2,3)13-9-8-10-6-4-5-7-11(10)13;1-10(2)13-8-7-11-5-3-4-6-12(11)9-13;1-2/h4-5,7,9H,6,8,10H2,1-3H3;2*4-7H,8-9H2,1-3H3;3-6,10H,7-9H2,1-2H3;1-2H3. The maximum Gasteiger partial charge on any atom is 0.0403 e. The molecule has 0 aliphatic carbocycles. The molecular weight excluding hydrogens is 669 g/mol. The van der Waals surface area contributed by atoms with E-state index < -0.39 is 0 Å². The second-order valence-electron chi connectivity index (χ2n) is 18.6. The number of anilines is 2. The van der Waals surface area contributed by atoms with E-state index in [0.29, 0.717) is 11.6 Å². The normalized spacial score (nSPS) is 16.4. The van der Waals surface area contributed by atoms with Crippen molar-refractivity contribution in [2.45, 2.75) is 158 Å². The fraction of sp³-hybridized carbons (Fsp3) is 0.529. The number of benzene rings is 4. The van der Waals surface area contributed by atoms with Crippen LogP contribution in [0.15, 0.2) is 97.1 Å². The molecule has 0 amide bonds. The molecule has 4 heterocycles. The van der Waals surface area contributed by atoms with Gasteiger partial charge in [0.15, 0.2) is 0 Å². The summed E-state index contributed by atoms with van der Waals surface area (Å²) >= 11 is 0. The Kier molecular flexibility index (Phi) is 15.6. The topological polar surface area (TPSA) is 13.0 Å². The van der Waals surface area contributed by atoms with Gasteiger partial charge in [0.25, 0.3) is 0 Å². The lowest BCUT2D eigenvalue weighted by molar-refractivity contribution is 0.136. The number of aryl methyl sites for hydroxylation is 1. The fourth-order valence-corrected chi connectivity index (χ4v) is 8.03. The average molecular weight is 745 g/mol. The van der Waals surface area contributed by atoms with Crippen LogP contribution in [-0.2, 0) is 38.9 Å². The molecule has 300 valence electrons. The van der Waals surface area contributed by atoms with Gasteiger partial charge < -0.3 is 9.80 Å². The minimum Gasteiger partial charge on any atom is -0.366 e. The zero-order chi connectivity index (χ0) is 40.4. The minimum absolute atomic E-state index is 0.247. The first kappa shape index (κ1) is 44.1. The summed E-state index contributed by atoms with van der Waals surface area (Å²) in [4.78, 5) is 10.0. The third-order valence-corrected chi connectivity index (χ3v) is 11.3. The number of rotatable bonds is 1. The molecule has 0 fully saturated rings. The van der Waals surface area contributed by atoms with Crippen molar-refractivity contribution in [3.8, 4) is 0 Å². The maximum atomic E-state index is 2.53. The van der Waals surface area contributed by atoms with E-state index >= 15 is 0 Å². The zero-order valence-corrected chi connectivity index (χ0v) is 37.2. The first-order valence-corrected chi connectivity index (χ1v) is 21.4. The summed E-state index contributed by atoms with van der Waals surface area (Å²) in [6, 6.07) is 35.7. The quantitative estimate of drug-likeness (QED) is 0.192. The highest BCUT2D eigenvalue weighted by Gasteiger charge is 2.29. The van der Waals surface area contributed by atoms with Crippen LogP contribution in [0.1, 0.15) is 130 Å². The van der Waals surface area contributed by atoms with Gasteiger partial charge in [-0.3, -0.25) is 9.80 Å². The van der Waals surface area contributed by atoms with Gasteiger partial charge in [0.05, 0.1) is 0 Å². The largest absolute Gasteiger partial charge is 0.366 e. The van der Waals surface area contributed by atoms with Crippen LogP contribution in [0.25, 0.3) is 0 Å². The third-order valence-electron chi connectivity index (χ3n) is 11.3. The highest BCUT2D eigenvalue weighted by Crippen LogP contribution is 2.34. The van der Waals surface area contributed by atoms with E-state index in [4.69, 9.17) is 0 Å². The van der Waals surface area contributed by atoms with E-state index in [0.717, 1.165) is 19.6 Å². The van der Waals surface area contributed by atoms with Crippen molar-refractivity contribution in [1.82, 2.24) is 9.80 Å². The molecule has 0 saturated heterocycles. The first-order valence-electron chi connectivity index (χ1n) is 21.4. The van der Waals surface area contributed by atoms with Crippen LogP contribution in [0.3, 0.4) is 0 Å². The zero-order valence-electron chi connectivity index (χ0n) is 37.2. The van der Waals surface area contributed by atoms with Crippen LogP contribution in [-0.4, -0.2) is 52.1 Å². The summed E-state index contributed by atoms with van der Waals surface area (Å²) < 4.78 is 0. The van der Waals surface area contributed by atoms with Crippen LogP contribution >= 0.6 is 0 Å². The molecule has 0 unspecified atom stereocenters. The number of nitrogens with zero attached hydrogens (tertiary/aromatic N) is 4. The summed E-state index contributed by atoms with van der Waals surface area (Å²) in [5, 5.41) is 0. The highest BCUT2D eigenvalue weighted by molar-refractivity contribution is 5.59. The molecule has 0 aromatic heterocycles. The Morgan fingerprint density at radius 3 is 1.25 bits per heavy atom. The Balaban J connectivity index is 0.000000161. The molecule has 0 bridgehead atoms. The van der Waals surface area contributed by atoms with Crippen molar-refractivity contribution in [3.63, 3.8) is 0 Å². The summed E-state index contributed by atoms with van der Waals surface area (Å²) in [5.74, 6) is 0. The van der Waals surface area contributed by atoms with E-state index in [9.17, 15) is 0 Å². The molecule has 4 aliphatic heterocycles. The molecular formula is C51H76N4. The smallest absolute Gasteiger partial charge is 0.0403 e. The second kappa shape index (κ2) is 19.5. The SMILES string of the molecule is CC.CC(C)(C)N1CCCc2ccccc21.CC(C)(C)N1CCc2ccccc21.CC(C)(C)N1Cc2ccccc2C1.CC(C)N1CCc2ccccc2C1. The molecule has 4 aromatic carbocycles. The Labute approximate surface area is 337 Å². The lowest BCUT2D eigenvalue weighted by atomic mass is 9.96. The minimum atomic E-state index is 0.247. The predicted molar refractivity (Wildman–Crippen MR) is 242 cm³/mol. The van der Waals surface area contributed by atoms with Crippen molar-refractivity contribution in [2.24, 2.45) is 0 Å². The van der Waals surface area contributed by atoms with Gasteiger partial charge in [0.1, 0.15) is 0 Å². The second-order valence-corrected chi connectivity index (χ2v) is 18.6. The van der Waals surface area contributed by atoms with E-state index in [1.807, 2.05) is 13.8 Å². The molecule has 0 spiro atoms. The number of hydrogen-bond acceptors (Lipinski definition) is 4. The lowest BCUT2D eigenvalue weighted by Gasteiger charge is -2.41. The maximum absolute atomic E-state index is 2.53. The molecule has 4 aliphatic rings. The van der Waals surface area contributed by atoms with E-state index in [-0.39, 0.29) is 11.1 Å². The summed E-state index contributed by atoms with van der Waals surface area (Å²) in [6.07, 6.45) is 4.94. The van der Waals surface area contributed by atoms with Crippen molar-refractivity contribution in [3.05, 3.63) is 130 Å². The van der Waals surface area contributed by atoms with Crippen LogP contribution in [0.2, 0.25) is 0 Å². The average Bonchev–Trinajstić information content (AvgIpc) is 3.82. The van der Waals surface area contributed by atoms with Gasteiger partial charge in [0.2, 0.25) is 0 Å². The van der Waals surface area contributed by atoms with E-state index in [1.165, 1.54) is 84.5 Å². The Bertz CT molecular complexity index is 1730. The molecule has 0 saturated carbocycles. The lowest BCUT2D eigenvalue weighted by Crippen LogP contribution is -2.44. The van der Waals surface area contributed by atoms with E-state index in [1.54, 1.807) is 5.56 Å². The number of para-hydroxylation sites is 2. The molecule has 4 aromatic rings. The van der Waals surface area contributed by atoms with Crippen LogP contribution in [0, 0.1) is 0 Å². The van der Waals surface area contributed by atoms with E-state index in [2.05, 4.69) is 193 Å². The van der Waals surface area contributed by atoms with Gasteiger partial charge in [-0.2, -0.15) is 0 Å². The van der Waals surface area contributed by atoms with Gasteiger partial charge in [-0.1, -0.05) is 98.8 Å². The third kappa shape index (κ3) is 12.2. The predicted octanol–water partition coefficient (Wildman–Crippen LogP) is 12.4. The molecule has 0 atom stereocenters. The number of fused-ring (bicyclic) bond motifs is 4. The Morgan fingerprint density at radius 2 is 0.800 bits per heavy atom. The molecule has 0 N–H and O–H groups in total. The molecule has 8 rings (SSSR count). The fourth-order valence-electron chi connectivity index (χ4n) is 8.03. The monoisotopic (exact) mass is 745 g/mol. The van der Waals surface area contributed by atoms with Gasteiger partial charge >= 0.3 is 0 Å². The summed E-state index contributed by atoms with van der Waals surface area (Å²) in [6.45, 7) is 36.0.